The number of hydrogen-bond acceptors (Lipinski definition) is 18. The van der Waals surface area contributed by atoms with Crippen LogP contribution in [0, 0.1) is 31.6 Å². The first-order valence-corrected chi connectivity index (χ1v) is 42.9. The van der Waals surface area contributed by atoms with Crippen LogP contribution in [0.4, 0.5) is 48.5 Å². The predicted octanol–water partition coefficient (Wildman–Crippen LogP) is 22.6. The van der Waals surface area contributed by atoms with Crippen molar-refractivity contribution in [2.75, 3.05) is 131 Å². The van der Waals surface area contributed by atoms with Crippen molar-refractivity contribution in [1.29, 1.82) is 0 Å². The van der Waals surface area contributed by atoms with E-state index >= 15 is 0 Å². The van der Waals surface area contributed by atoms with Gasteiger partial charge in [-0.25, -0.2) is 14.4 Å². The van der Waals surface area contributed by atoms with Crippen LogP contribution in [-0.2, 0) is 38.9 Å². The first-order valence-electron chi connectivity index (χ1n) is 42.9. The molecule has 0 saturated heterocycles. The molecule has 0 spiro atoms. The highest BCUT2D eigenvalue weighted by atomic mass is 16.6. The van der Waals surface area contributed by atoms with Crippen LogP contribution in [0.15, 0.2) is 200 Å². The molecule has 0 heterocycles. The molecule has 0 fully saturated rings. The topological polar surface area (TPSA) is 235 Å². The number of ether oxygens (including phenoxy) is 10. The summed E-state index contributed by atoms with van der Waals surface area (Å²) >= 11 is 0. The fraction of sp³-hybridized carbons (Fsp3) is 0.416. The van der Waals surface area contributed by atoms with Crippen molar-refractivity contribution in [3.8, 4) is 28.7 Å². The van der Waals surface area contributed by atoms with E-state index < -0.39 is 41.5 Å². The Morgan fingerprint density at radius 2 is 0.846 bits per heavy atom. The lowest BCUT2D eigenvalue weighted by molar-refractivity contribution is -0.154. The molecule has 0 aromatic heterocycles. The van der Waals surface area contributed by atoms with E-state index in [-0.39, 0.29) is 30.5 Å². The van der Waals surface area contributed by atoms with Crippen LogP contribution in [0.2, 0.25) is 0 Å². The Morgan fingerprint density at radius 1 is 0.415 bits per heavy atom. The van der Waals surface area contributed by atoms with Gasteiger partial charge in [0.25, 0.3) is 0 Å². The number of nitrogens with one attached hydrogen (secondary N) is 4. The standard InChI is InChI=1S/C36H49N3O5.C34H44N2O6.C31H40N2O4/c1-8-35(4,5)33(40)37-22-13-24-43-31-19-16-29(17-20-31)36(6,28-14-11-10-12-15-28)44-34(41)38-32-21-18-30(26-27(32)3)39(9-2)23-25-42-7;1-8-34(5,6)32(37)41-22-21-40-29-18-13-26(14-19-29)31(25-11-16-28(39-7)17-12-25)42-33(38)35-30-20-15-27(23-24(30)4)36(9-2)10-3;1-8-21(4)23-11-13-24(14-12-23)30(27-17-16-26(35-6)20-29(27)36-7)37-31(34)32-28-18-15-25(19-22(28)5)33(9-2)10-3/h10-12,14-21,26H,8-9,13,22-25H2,1-7H3,(H,37,40)(H,38,41);11-20,23,31H,8-10,21-22H2,1-7H3,(H,35,38);11-21,30H,8-10H2,1-7H3,(H,32,34). The second-order valence-electron chi connectivity index (χ2n) is 31.5. The third-order valence-corrected chi connectivity index (χ3v) is 22.5. The number of benzene rings is 9. The molecule has 0 aliphatic heterocycles. The van der Waals surface area contributed by atoms with Gasteiger partial charge < -0.3 is 67.4 Å². The summed E-state index contributed by atoms with van der Waals surface area (Å²) in [5.74, 6) is 3.55. The summed E-state index contributed by atoms with van der Waals surface area (Å²) < 4.78 is 56.8. The average Bonchev–Trinajstić information content (AvgIpc) is 0.784. The van der Waals surface area contributed by atoms with Gasteiger partial charge in [0, 0.05) is 110 Å². The second-order valence-corrected chi connectivity index (χ2v) is 31.5. The molecule has 662 valence electrons. The molecule has 0 bridgehead atoms. The van der Waals surface area contributed by atoms with Crippen molar-refractivity contribution >= 4 is 64.3 Å². The molecular formula is C101H133N7O15. The fourth-order valence-corrected chi connectivity index (χ4v) is 13.5. The van der Waals surface area contributed by atoms with Crippen LogP contribution in [0.5, 0.6) is 28.7 Å². The number of aryl methyl sites for hydroxylation is 3. The zero-order chi connectivity index (χ0) is 89.8. The number of esters is 1. The Kier molecular flexibility index (Phi) is 38.8. The van der Waals surface area contributed by atoms with E-state index in [1.165, 1.54) is 5.56 Å². The molecular weight excluding hydrogens is 1550 g/mol. The van der Waals surface area contributed by atoms with E-state index in [0.29, 0.717) is 84.3 Å². The van der Waals surface area contributed by atoms with Crippen LogP contribution < -0.4 is 59.7 Å². The summed E-state index contributed by atoms with van der Waals surface area (Å²) in [5, 5.41) is 11.8. The van der Waals surface area contributed by atoms with Gasteiger partial charge in [0.05, 0.1) is 40.0 Å². The number of methoxy groups -OCH3 is 4. The molecule has 0 saturated carbocycles. The minimum absolute atomic E-state index is 0.0573. The SMILES string of the molecule is CCC(C)c1ccc(C(OC(=O)Nc2ccc(N(CC)CC)cc2C)c2ccc(OC)cc2OC)cc1.CCN(CC)c1ccc(NC(=O)OC(c2ccc(OC)cc2)c2ccc(OCCOC(=O)C(C)(C)CC)cc2)c(C)c1.CCN(CCOC)c1ccc(NC(=O)OC(C)(c2ccccc2)c2ccc(OCCCNC(=O)C(C)(C)CC)cc2)c(C)c1. The van der Waals surface area contributed by atoms with Gasteiger partial charge in [0.1, 0.15) is 42.0 Å². The lowest BCUT2D eigenvalue weighted by atomic mass is 9.88. The molecule has 9 rings (SSSR count). The second kappa shape index (κ2) is 48.7. The summed E-state index contributed by atoms with van der Waals surface area (Å²) in [4.78, 5) is 70.8. The zero-order valence-corrected chi connectivity index (χ0v) is 76.4. The number of amides is 4. The highest BCUT2D eigenvalue weighted by Gasteiger charge is 2.35. The number of hydrogen-bond donors (Lipinski definition) is 4. The number of carbonyl (C=O) groups excluding carboxylic acids is 5. The van der Waals surface area contributed by atoms with Gasteiger partial charge in [-0.3, -0.25) is 25.5 Å². The number of nitrogens with zero attached hydrogens (tertiary/aromatic N) is 3. The highest BCUT2D eigenvalue weighted by Crippen LogP contribution is 2.40. The van der Waals surface area contributed by atoms with Gasteiger partial charge in [0.15, 0.2) is 17.8 Å². The van der Waals surface area contributed by atoms with Gasteiger partial charge in [-0.1, -0.05) is 133 Å². The van der Waals surface area contributed by atoms with Crippen LogP contribution in [0.25, 0.3) is 0 Å². The molecule has 22 heteroatoms. The van der Waals surface area contributed by atoms with E-state index in [4.69, 9.17) is 47.4 Å². The normalized spacial score (nSPS) is 12.3. The smallest absolute Gasteiger partial charge is 0.412 e. The predicted molar refractivity (Wildman–Crippen MR) is 496 cm³/mol. The van der Waals surface area contributed by atoms with E-state index in [1.54, 1.807) is 46.6 Å². The van der Waals surface area contributed by atoms with Gasteiger partial charge in [-0.05, 0) is 255 Å². The van der Waals surface area contributed by atoms with Crippen molar-refractivity contribution in [1.82, 2.24) is 5.32 Å². The van der Waals surface area contributed by atoms with E-state index in [2.05, 4.69) is 115 Å². The van der Waals surface area contributed by atoms with Crippen LogP contribution in [0.3, 0.4) is 0 Å². The molecule has 4 N–H and O–H groups in total. The summed E-state index contributed by atoms with van der Waals surface area (Å²) in [6.07, 6.45) is 0.260. The number of anilines is 6. The molecule has 0 aliphatic rings. The first kappa shape index (κ1) is 98.2. The largest absolute Gasteiger partial charge is 0.497 e. The molecule has 4 atom stereocenters. The van der Waals surface area contributed by atoms with Gasteiger partial charge in [-0.2, -0.15) is 0 Å². The molecule has 4 unspecified atom stereocenters. The van der Waals surface area contributed by atoms with Gasteiger partial charge in [-0.15, -0.1) is 0 Å². The Balaban J connectivity index is 0.000000255. The zero-order valence-electron chi connectivity index (χ0n) is 76.4. The van der Waals surface area contributed by atoms with Crippen LogP contribution >= 0.6 is 0 Å². The molecule has 22 nitrogen and oxygen atoms in total. The lowest BCUT2D eigenvalue weighted by Crippen LogP contribution is -2.37. The van der Waals surface area contributed by atoms with Crippen molar-refractivity contribution < 1.29 is 71.3 Å². The summed E-state index contributed by atoms with van der Waals surface area (Å²) in [5.41, 5.74) is 12.4. The van der Waals surface area contributed by atoms with E-state index in [9.17, 15) is 24.0 Å². The quantitative estimate of drug-likeness (QED) is 0.0158. The van der Waals surface area contributed by atoms with Crippen molar-refractivity contribution in [2.24, 2.45) is 10.8 Å². The monoisotopic (exact) mass is 1680 g/mol. The van der Waals surface area contributed by atoms with E-state index in [1.807, 2.05) is 221 Å². The van der Waals surface area contributed by atoms with Gasteiger partial charge in [0.2, 0.25) is 5.91 Å². The lowest BCUT2D eigenvalue weighted by Gasteiger charge is -2.31. The summed E-state index contributed by atoms with van der Waals surface area (Å²) in [7, 11) is 6.51. The van der Waals surface area contributed by atoms with E-state index in [0.717, 1.165) is 119 Å². The minimum atomic E-state index is -1.05. The molecule has 123 heavy (non-hydrogen) atoms. The maximum Gasteiger partial charge on any atom is 0.412 e. The fourth-order valence-electron chi connectivity index (χ4n) is 13.5. The molecule has 4 amide bonds. The summed E-state index contributed by atoms with van der Waals surface area (Å²) in [6.45, 7) is 41.7. The number of rotatable bonds is 41. The highest BCUT2D eigenvalue weighted by molar-refractivity contribution is 5.89. The maximum atomic E-state index is 13.3. The molecule has 9 aromatic carbocycles. The average molecular weight is 1690 g/mol. The van der Waals surface area contributed by atoms with Gasteiger partial charge >= 0.3 is 24.2 Å². The Morgan fingerprint density at radius 3 is 1.31 bits per heavy atom. The summed E-state index contributed by atoms with van der Waals surface area (Å²) in [6, 6.07) is 63.7. The number of carbonyl (C=O) groups is 5. The van der Waals surface area contributed by atoms with Crippen molar-refractivity contribution in [2.45, 2.75) is 167 Å². The first-order chi connectivity index (χ1) is 59.0. The van der Waals surface area contributed by atoms with Crippen molar-refractivity contribution in [3.05, 3.63) is 256 Å². The minimum Gasteiger partial charge on any atom is -0.497 e. The third-order valence-electron chi connectivity index (χ3n) is 22.5. The van der Waals surface area contributed by atoms with Crippen molar-refractivity contribution in [3.63, 3.8) is 0 Å². The van der Waals surface area contributed by atoms with Crippen LogP contribution in [-0.4, -0.2) is 131 Å². The Labute approximate surface area is 730 Å². The van der Waals surface area contributed by atoms with Crippen LogP contribution in [0.1, 0.15) is 196 Å². The maximum absolute atomic E-state index is 13.3. The molecule has 0 radical (unpaired) electrons. The third kappa shape index (κ3) is 28.6. The Bertz CT molecular complexity index is 4770. The Hall–Kier alpha value is -11.9. The molecule has 9 aromatic rings. The number of likely N-dealkylation sites (N-methyl/N-ethyl adjacent to an activating group) is 1. The molecule has 0 aliphatic carbocycles.